The minimum Gasteiger partial charge on any atom is -0.459 e. The van der Waals surface area contributed by atoms with E-state index in [0.29, 0.717) is 48.6 Å². The molecule has 0 atom stereocenters. The summed E-state index contributed by atoms with van der Waals surface area (Å²) in [6.45, 7) is 8.52. The number of aromatic nitrogens is 4. The van der Waals surface area contributed by atoms with Crippen molar-refractivity contribution in [1.82, 2.24) is 19.5 Å². The molecule has 1 aromatic carbocycles. The van der Waals surface area contributed by atoms with E-state index in [1.807, 2.05) is 60.2 Å². The van der Waals surface area contributed by atoms with Crippen molar-refractivity contribution in [3.8, 4) is 5.82 Å². The summed E-state index contributed by atoms with van der Waals surface area (Å²) in [5.41, 5.74) is 2.28. The topological polar surface area (TPSA) is 102 Å². The van der Waals surface area contributed by atoms with Gasteiger partial charge in [-0.05, 0) is 85.5 Å². The van der Waals surface area contributed by atoms with E-state index < -0.39 is 5.60 Å². The number of rotatable bonds is 6. The van der Waals surface area contributed by atoms with Crippen molar-refractivity contribution in [3.63, 3.8) is 0 Å². The van der Waals surface area contributed by atoms with Crippen molar-refractivity contribution in [2.24, 2.45) is 0 Å². The van der Waals surface area contributed by atoms with Crippen LogP contribution in [-0.2, 0) is 15.8 Å². The molecule has 8 heteroatoms. The van der Waals surface area contributed by atoms with Crippen molar-refractivity contribution in [3.05, 3.63) is 95.7 Å². The first kappa shape index (κ1) is 26.6. The molecule has 1 saturated carbocycles. The van der Waals surface area contributed by atoms with Crippen LogP contribution >= 0.6 is 0 Å². The number of hydrogen-bond acceptors (Lipinski definition) is 7. The number of pyridine rings is 2. The zero-order valence-corrected chi connectivity index (χ0v) is 22.9. The molecule has 0 unspecified atom stereocenters. The average molecular weight is 526 g/mol. The fraction of sp³-hybridized carbons (Fsp3) is 0.355. The molecule has 39 heavy (non-hydrogen) atoms. The Balaban J connectivity index is 1.27. The second-order valence-electron chi connectivity index (χ2n) is 11.4. The summed E-state index contributed by atoms with van der Waals surface area (Å²) in [6, 6.07) is 17.0. The molecule has 202 valence electrons. The molecular weight excluding hydrogens is 490 g/mol. The molecule has 3 heterocycles. The minimum absolute atomic E-state index is 0.0146. The maximum absolute atomic E-state index is 12.4. The summed E-state index contributed by atoms with van der Waals surface area (Å²) in [4.78, 5) is 26.2. The lowest BCUT2D eigenvalue weighted by molar-refractivity contribution is -0.0485. The number of aliphatic hydroxyl groups is 1. The van der Waals surface area contributed by atoms with Crippen LogP contribution in [0, 0.1) is 6.92 Å². The minimum atomic E-state index is -1.08. The van der Waals surface area contributed by atoms with E-state index in [1.54, 1.807) is 24.7 Å². The van der Waals surface area contributed by atoms with Crippen LogP contribution in [0.5, 0.6) is 0 Å². The van der Waals surface area contributed by atoms with E-state index >= 15 is 0 Å². The van der Waals surface area contributed by atoms with Gasteiger partial charge in [-0.15, -0.1) is 0 Å². The smallest absolute Gasteiger partial charge is 0.338 e. The first-order valence-corrected chi connectivity index (χ1v) is 13.3. The van der Waals surface area contributed by atoms with Crippen LogP contribution in [0.2, 0.25) is 0 Å². The predicted molar refractivity (Wildman–Crippen MR) is 150 cm³/mol. The Morgan fingerprint density at radius 1 is 1.05 bits per heavy atom. The number of nitrogens with zero attached hydrogens (tertiary/aromatic N) is 4. The Hall–Kier alpha value is -4.04. The van der Waals surface area contributed by atoms with Gasteiger partial charge in [-0.3, -0.25) is 4.57 Å². The lowest BCUT2D eigenvalue weighted by atomic mass is 9.81. The second-order valence-corrected chi connectivity index (χ2v) is 11.4. The van der Waals surface area contributed by atoms with Gasteiger partial charge in [0.1, 0.15) is 35.5 Å². The van der Waals surface area contributed by atoms with Gasteiger partial charge >= 0.3 is 5.97 Å². The van der Waals surface area contributed by atoms with E-state index in [1.165, 1.54) is 5.56 Å². The van der Waals surface area contributed by atoms with Gasteiger partial charge in [0.2, 0.25) is 0 Å². The number of anilines is 2. The summed E-state index contributed by atoms with van der Waals surface area (Å²) in [6.07, 6.45) is 7.15. The molecule has 1 aliphatic carbocycles. The highest BCUT2D eigenvalue weighted by Crippen LogP contribution is 2.38. The van der Waals surface area contributed by atoms with Gasteiger partial charge in [0.25, 0.3) is 0 Å². The summed E-state index contributed by atoms with van der Waals surface area (Å²) in [7, 11) is 0. The van der Waals surface area contributed by atoms with Gasteiger partial charge in [0.05, 0.1) is 11.3 Å². The zero-order chi connectivity index (χ0) is 27.6. The first-order valence-electron chi connectivity index (χ1n) is 13.3. The lowest BCUT2D eigenvalue weighted by Gasteiger charge is -2.34. The van der Waals surface area contributed by atoms with E-state index in [4.69, 9.17) is 9.72 Å². The number of aryl methyl sites for hydroxylation is 1. The molecular formula is C31H35N5O3. The van der Waals surface area contributed by atoms with Crippen LogP contribution < -0.4 is 5.32 Å². The summed E-state index contributed by atoms with van der Waals surface area (Å²) >= 11 is 0. The van der Waals surface area contributed by atoms with Crippen molar-refractivity contribution in [1.29, 1.82) is 0 Å². The molecule has 0 aliphatic heterocycles. The Labute approximate surface area is 229 Å². The first-order chi connectivity index (χ1) is 18.6. The van der Waals surface area contributed by atoms with Gasteiger partial charge in [-0.2, -0.15) is 0 Å². The van der Waals surface area contributed by atoms with Crippen molar-refractivity contribution in [2.75, 3.05) is 5.32 Å². The van der Waals surface area contributed by atoms with Gasteiger partial charge < -0.3 is 15.2 Å². The van der Waals surface area contributed by atoms with Crippen LogP contribution in [0.25, 0.3) is 5.82 Å². The quantitative estimate of drug-likeness (QED) is 0.298. The Kier molecular flexibility index (Phi) is 7.23. The Morgan fingerprint density at radius 2 is 1.79 bits per heavy atom. The molecule has 5 rings (SSSR count). The number of nitrogens with one attached hydrogen (secondary N) is 1. The standard InChI is InChI=1S/C31H35N5O3/c1-21-16-27(34-26-18-23(12-15-32-26)30(2,3)4)35-28(17-21)36-19-25(33-20-36)31(38)13-10-24(11-14-31)39-29(37)22-8-6-5-7-9-22/h5-9,12,15-20,24,38H,10-11,13-14H2,1-4H3,(H,32,34,35)/t24-,31+. The van der Waals surface area contributed by atoms with Crippen LogP contribution in [0.4, 0.5) is 11.6 Å². The van der Waals surface area contributed by atoms with E-state index in [0.717, 1.165) is 11.4 Å². The van der Waals surface area contributed by atoms with Gasteiger partial charge in [0.15, 0.2) is 0 Å². The highest BCUT2D eigenvalue weighted by molar-refractivity contribution is 5.89. The number of imidazole rings is 1. The highest BCUT2D eigenvalue weighted by Gasteiger charge is 2.38. The maximum atomic E-state index is 12.4. The van der Waals surface area contributed by atoms with E-state index in [9.17, 15) is 9.90 Å². The Bertz CT molecular complexity index is 1450. The van der Waals surface area contributed by atoms with Crippen LogP contribution in [-0.4, -0.2) is 36.7 Å². The molecule has 1 aliphatic rings. The number of esters is 1. The summed E-state index contributed by atoms with van der Waals surface area (Å²) < 4.78 is 7.51. The van der Waals surface area contributed by atoms with Crippen LogP contribution in [0.3, 0.4) is 0 Å². The summed E-state index contributed by atoms with van der Waals surface area (Å²) in [5, 5.41) is 14.7. The number of carbonyl (C=O) groups is 1. The third-order valence-electron chi connectivity index (χ3n) is 7.21. The molecule has 0 bridgehead atoms. The fourth-order valence-electron chi connectivity index (χ4n) is 4.87. The van der Waals surface area contributed by atoms with Gasteiger partial charge in [-0.1, -0.05) is 39.0 Å². The van der Waals surface area contributed by atoms with Gasteiger partial charge in [-0.25, -0.2) is 19.7 Å². The molecule has 4 aromatic rings. The highest BCUT2D eigenvalue weighted by atomic mass is 16.5. The largest absolute Gasteiger partial charge is 0.459 e. The molecule has 1 fully saturated rings. The molecule has 0 spiro atoms. The number of benzene rings is 1. The van der Waals surface area contributed by atoms with Crippen LogP contribution in [0.1, 0.15) is 73.6 Å². The summed E-state index contributed by atoms with van der Waals surface area (Å²) in [5.74, 6) is 1.78. The maximum Gasteiger partial charge on any atom is 0.338 e. The van der Waals surface area contributed by atoms with Crippen molar-refractivity contribution >= 4 is 17.6 Å². The third kappa shape index (κ3) is 6.17. The van der Waals surface area contributed by atoms with E-state index in [2.05, 4.69) is 36.1 Å². The third-order valence-corrected chi connectivity index (χ3v) is 7.21. The average Bonchev–Trinajstić information content (AvgIpc) is 3.42. The van der Waals surface area contributed by atoms with Crippen molar-refractivity contribution in [2.45, 2.75) is 70.5 Å². The van der Waals surface area contributed by atoms with Gasteiger partial charge in [0, 0.05) is 12.4 Å². The predicted octanol–water partition coefficient (Wildman–Crippen LogP) is 6.00. The van der Waals surface area contributed by atoms with Crippen LogP contribution in [0.15, 0.2) is 73.3 Å². The number of ether oxygens (including phenoxy) is 1. The molecule has 3 aromatic heterocycles. The number of hydrogen-bond donors (Lipinski definition) is 2. The zero-order valence-electron chi connectivity index (χ0n) is 22.9. The van der Waals surface area contributed by atoms with E-state index in [-0.39, 0.29) is 17.5 Å². The normalized spacial score (nSPS) is 19.5. The monoisotopic (exact) mass is 525 g/mol. The molecule has 2 N–H and O–H groups in total. The number of carbonyl (C=O) groups excluding carboxylic acids is 1. The SMILES string of the molecule is Cc1cc(Nc2cc(C(C)(C)C)ccn2)nc(-n2cnc([C@]3(O)CC[C@@H](OC(=O)c4ccccc4)CC3)c2)c1. The fourth-order valence-corrected chi connectivity index (χ4v) is 4.87. The molecule has 8 nitrogen and oxygen atoms in total. The molecule has 0 saturated heterocycles. The molecule has 0 radical (unpaired) electrons. The lowest BCUT2D eigenvalue weighted by Crippen LogP contribution is -2.35. The molecule has 0 amide bonds. The van der Waals surface area contributed by atoms with Crippen molar-refractivity contribution < 1.29 is 14.6 Å². The Morgan fingerprint density at radius 3 is 2.51 bits per heavy atom. The second kappa shape index (κ2) is 10.6.